The Labute approximate surface area is 181 Å². The number of nitrogens with one attached hydrogen (secondary N) is 1. The van der Waals surface area contributed by atoms with E-state index >= 15 is 0 Å². The summed E-state index contributed by atoms with van der Waals surface area (Å²) in [6, 6.07) is 7.44. The minimum Gasteiger partial charge on any atom is -0.330 e. The van der Waals surface area contributed by atoms with Gasteiger partial charge in [-0.25, -0.2) is 4.98 Å². The van der Waals surface area contributed by atoms with Gasteiger partial charge in [0.2, 0.25) is 5.91 Å². The number of piperidine rings is 1. The standard InChI is InChI=1S/C22H26ClN5O2/c1-26-11-5-4-6-16(26)9-10-21(29)27-12-13-28-19(14-24-20(28)15-27)22(30)25-18-8-3-2-7-17(18)23/h2-3,7-10,14,16H,4-6,11-13,15H2,1H3,(H,25,30)/b10-9+. The topological polar surface area (TPSA) is 70.5 Å². The molecule has 1 N–H and O–H groups in total. The molecule has 1 aromatic carbocycles. The zero-order chi connectivity index (χ0) is 21.1. The van der Waals surface area contributed by atoms with E-state index in [2.05, 4.69) is 22.2 Å². The SMILES string of the molecule is CN1CCCCC1/C=C/C(=O)N1CCn2c(C(=O)Nc3ccccc3Cl)cnc2C1. The van der Waals surface area contributed by atoms with Gasteiger partial charge in [0.25, 0.3) is 5.91 Å². The summed E-state index contributed by atoms with van der Waals surface area (Å²) in [6.07, 6.45) is 8.78. The Morgan fingerprint density at radius 1 is 1.20 bits per heavy atom. The molecule has 2 aromatic rings. The molecule has 1 fully saturated rings. The van der Waals surface area contributed by atoms with Crippen LogP contribution in [-0.2, 0) is 17.9 Å². The van der Waals surface area contributed by atoms with Crippen LogP contribution in [0.25, 0.3) is 0 Å². The van der Waals surface area contributed by atoms with Gasteiger partial charge in [0.1, 0.15) is 11.5 Å². The molecule has 2 aliphatic rings. The number of halogens is 1. The number of rotatable bonds is 4. The van der Waals surface area contributed by atoms with Crippen LogP contribution in [0.2, 0.25) is 5.02 Å². The van der Waals surface area contributed by atoms with Crippen molar-refractivity contribution in [1.82, 2.24) is 19.4 Å². The molecule has 1 saturated heterocycles. The van der Waals surface area contributed by atoms with Crippen molar-refractivity contribution in [3.05, 3.63) is 59.2 Å². The quantitative estimate of drug-likeness (QED) is 0.761. The van der Waals surface area contributed by atoms with Gasteiger partial charge in [-0.3, -0.25) is 14.5 Å². The first kappa shape index (κ1) is 20.6. The monoisotopic (exact) mass is 427 g/mol. The number of hydrogen-bond acceptors (Lipinski definition) is 4. The summed E-state index contributed by atoms with van der Waals surface area (Å²) in [7, 11) is 2.10. The van der Waals surface area contributed by atoms with Crippen molar-refractivity contribution in [1.29, 1.82) is 0 Å². The van der Waals surface area contributed by atoms with Crippen LogP contribution >= 0.6 is 11.6 Å². The first-order chi connectivity index (χ1) is 14.5. The Hall–Kier alpha value is -2.64. The molecule has 4 rings (SSSR count). The fourth-order valence-corrected chi connectivity index (χ4v) is 4.20. The number of amides is 2. The minimum atomic E-state index is -0.262. The number of anilines is 1. The number of nitrogens with zero attached hydrogens (tertiary/aromatic N) is 4. The Kier molecular flexibility index (Phi) is 6.20. The number of benzene rings is 1. The second-order valence-corrected chi connectivity index (χ2v) is 8.22. The molecule has 1 aromatic heterocycles. The average molecular weight is 428 g/mol. The molecule has 0 radical (unpaired) electrons. The zero-order valence-corrected chi connectivity index (χ0v) is 17.8. The van der Waals surface area contributed by atoms with E-state index in [1.807, 2.05) is 22.8 Å². The van der Waals surface area contributed by atoms with Crippen LogP contribution in [0.1, 0.15) is 35.6 Å². The van der Waals surface area contributed by atoms with Crippen molar-refractivity contribution in [2.45, 2.75) is 38.4 Å². The van der Waals surface area contributed by atoms with Gasteiger partial charge in [0.05, 0.1) is 23.5 Å². The van der Waals surface area contributed by atoms with Gasteiger partial charge < -0.3 is 14.8 Å². The number of aromatic nitrogens is 2. The van der Waals surface area contributed by atoms with Crippen molar-refractivity contribution in [2.24, 2.45) is 0 Å². The Morgan fingerprint density at radius 3 is 2.83 bits per heavy atom. The van der Waals surface area contributed by atoms with Crippen LogP contribution in [0, 0.1) is 0 Å². The predicted octanol–water partition coefficient (Wildman–Crippen LogP) is 3.17. The summed E-state index contributed by atoms with van der Waals surface area (Å²) in [6.45, 7) is 2.54. The largest absolute Gasteiger partial charge is 0.330 e. The van der Waals surface area contributed by atoms with Gasteiger partial charge in [-0.15, -0.1) is 0 Å². The van der Waals surface area contributed by atoms with Crippen molar-refractivity contribution in [3.63, 3.8) is 0 Å². The van der Waals surface area contributed by atoms with E-state index in [0.717, 1.165) is 13.0 Å². The smallest absolute Gasteiger partial charge is 0.273 e. The molecule has 0 aliphatic carbocycles. The van der Waals surface area contributed by atoms with Crippen molar-refractivity contribution < 1.29 is 9.59 Å². The highest BCUT2D eigenvalue weighted by molar-refractivity contribution is 6.33. The maximum absolute atomic E-state index is 12.7. The molecule has 158 valence electrons. The normalized spacial score (nSPS) is 19.7. The fraction of sp³-hybridized carbons (Fsp3) is 0.409. The molecule has 0 spiro atoms. The van der Waals surface area contributed by atoms with E-state index in [1.165, 1.54) is 12.8 Å². The Bertz CT molecular complexity index is 970. The van der Waals surface area contributed by atoms with E-state index in [4.69, 9.17) is 11.6 Å². The molecule has 0 bridgehead atoms. The van der Waals surface area contributed by atoms with Crippen molar-refractivity contribution >= 4 is 29.1 Å². The number of hydrogen-bond donors (Lipinski definition) is 1. The van der Waals surface area contributed by atoms with Gasteiger partial charge in [0, 0.05) is 25.2 Å². The summed E-state index contributed by atoms with van der Waals surface area (Å²) in [5, 5.41) is 3.31. The molecule has 3 heterocycles. The van der Waals surface area contributed by atoms with Crippen LogP contribution in [0.4, 0.5) is 5.69 Å². The predicted molar refractivity (Wildman–Crippen MR) is 116 cm³/mol. The number of para-hydroxylation sites is 1. The maximum atomic E-state index is 12.7. The van der Waals surface area contributed by atoms with Crippen LogP contribution in [0.5, 0.6) is 0 Å². The van der Waals surface area contributed by atoms with E-state index in [1.54, 1.807) is 29.3 Å². The molecule has 1 atom stereocenters. The lowest BCUT2D eigenvalue weighted by Crippen LogP contribution is -2.39. The van der Waals surface area contributed by atoms with Crippen LogP contribution < -0.4 is 5.32 Å². The summed E-state index contributed by atoms with van der Waals surface area (Å²) >= 11 is 6.13. The van der Waals surface area contributed by atoms with Gasteiger partial charge in [-0.1, -0.05) is 36.2 Å². The number of imidazole rings is 1. The molecular weight excluding hydrogens is 402 g/mol. The highest BCUT2D eigenvalue weighted by Gasteiger charge is 2.25. The minimum absolute atomic E-state index is 0.00899. The van der Waals surface area contributed by atoms with Crippen molar-refractivity contribution in [3.8, 4) is 0 Å². The second kappa shape index (κ2) is 9.02. The molecule has 8 heteroatoms. The second-order valence-electron chi connectivity index (χ2n) is 7.81. The lowest BCUT2D eigenvalue weighted by Gasteiger charge is -2.31. The van der Waals surface area contributed by atoms with E-state index in [0.29, 0.717) is 47.9 Å². The number of likely N-dealkylation sites (tertiary alicyclic amines) is 1. The third-order valence-corrected chi connectivity index (χ3v) is 6.15. The molecule has 7 nitrogen and oxygen atoms in total. The average Bonchev–Trinajstić information content (AvgIpc) is 3.18. The highest BCUT2D eigenvalue weighted by atomic mass is 35.5. The van der Waals surface area contributed by atoms with Gasteiger partial charge in [-0.05, 0) is 38.6 Å². The fourth-order valence-electron chi connectivity index (χ4n) is 4.02. The van der Waals surface area contributed by atoms with Gasteiger partial charge in [0.15, 0.2) is 0 Å². The summed E-state index contributed by atoms with van der Waals surface area (Å²) in [4.78, 5) is 33.8. The molecule has 0 saturated carbocycles. The zero-order valence-electron chi connectivity index (χ0n) is 17.1. The molecule has 30 heavy (non-hydrogen) atoms. The summed E-state index contributed by atoms with van der Waals surface area (Å²) < 4.78 is 1.87. The van der Waals surface area contributed by atoms with Crippen molar-refractivity contribution in [2.75, 3.05) is 25.5 Å². The molecule has 1 unspecified atom stereocenters. The number of fused-ring (bicyclic) bond motifs is 1. The lowest BCUT2D eigenvalue weighted by molar-refractivity contribution is -0.127. The molecule has 2 amide bonds. The summed E-state index contributed by atoms with van der Waals surface area (Å²) in [5.41, 5.74) is 1.03. The van der Waals surface area contributed by atoms with Crippen LogP contribution in [0.3, 0.4) is 0 Å². The number of carbonyl (C=O) groups is 2. The number of carbonyl (C=O) groups excluding carboxylic acids is 2. The molecular formula is C22H26ClN5O2. The third-order valence-electron chi connectivity index (χ3n) is 5.82. The van der Waals surface area contributed by atoms with E-state index in [9.17, 15) is 9.59 Å². The first-order valence-corrected chi connectivity index (χ1v) is 10.7. The summed E-state index contributed by atoms with van der Waals surface area (Å²) in [5.74, 6) is 0.439. The third kappa shape index (κ3) is 4.42. The van der Waals surface area contributed by atoms with Crippen LogP contribution in [0.15, 0.2) is 42.6 Å². The van der Waals surface area contributed by atoms with E-state index < -0.39 is 0 Å². The van der Waals surface area contributed by atoms with Crippen LogP contribution in [-0.4, -0.2) is 57.3 Å². The number of likely N-dealkylation sites (N-methyl/N-ethyl adjacent to an activating group) is 1. The lowest BCUT2D eigenvalue weighted by atomic mass is 10.0. The van der Waals surface area contributed by atoms with Gasteiger partial charge >= 0.3 is 0 Å². The Balaban J connectivity index is 1.40. The highest BCUT2D eigenvalue weighted by Crippen LogP contribution is 2.22. The Morgan fingerprint density at radius 2 is 2.03 bits per heavy atom. The first-order valence-electron chi connectivity index (χ1n) is 10.3. The molecule has 2 aliphatic heterocycles. The maximum Gasteiger partial charge on any atom is 0.273 e. The van der Waals surface area contributed by atoms with Gasteiger partial charge in [-0.2, -0.15) is 0 Å². The van der Waals surface area contributed by atoms with E-state index in [-0.39, 0.29) is 11.8 Å².